The lowest BCUT2D eigenvalue weighted by Gasteiger charge is -2.19. The Balaban J connectivity index is 1.87. The fraction of sp³-hybridized carbons (Fsp3) is 0.571. The van der Waals surface area contributed by atoms with E-state index >= 15 is 0 Å². The smallest absolute Gasteiger partial charge is 0.202 e. The van der Waals surface area contributed by atoms with Crippen LogP contribution in [0, 0.1) is 11.7 Å². The Hall–Kier alpha value is -0.750. The van der Waals surface area contributed by atoms with E-state index in [9.17, 15) is 8.96 Å². The van der Waals surface area contributed by atoms with Gasteiger partial charge in [0.1, 0.15) is 0 Å². The van der Waals surface area contributed by atoms with Crippen LogP contribution in [0.25, 0.3) is 0 Å². The number of halogens is 1. The molecule has 1 aliphatic carbocycles. The molecule has 0 amide bonds. The van der Waals surface area contributed by atoms with Crippen molar-refractivity contribution in [2.75, 3.05) is 6.16 Å². The zero-order valence-corrected chi connectivity index (χ0v) is 11.0. The molecule has 1 fully saturated rings. The predicted octanol–water partition coefficient (Wildman–Crippen LogP) is 4.25. The Bertz CT molecular complexity index is 386. The van der Waals surface area contributed by atoms with Crippen LogP contribution in [0.1, 0.15) is 38.5 Å². The monoisotopic (exact) mass is 253 g/mol. The first-order valence-corrected chi connectivity index (χ1v) is 7.91. The predicted molar refractivity (Wildman–Crippen MR) is 69.7 cm³/mol. The Morgan fingerprint density at radius 1 is 1.18 bits per heavy atom. The van der Waals surface area contributed by atoms with Crippen molar-refractivity contribution in [3.63, 3.8) is 0 Å². The van der Waals surface area contributed by atoms with Crippen molar-refractivity contribution in [2.45, 2.75) is 38.5 Å². The van der Waals surface area contributed by atoms with Crippen LogP contribution >= 0.6 is 7.80 Å². The summed E-state index contributed by atoms with van der Waals surface area (Å²) in [5.41, 5.74) is 0. The number of rotatable bonds is 4. The van der Waals surface area contributed by atoms with Crippen molar-refractivity contribution in [3.05, 3.63) is 30.1 Å². The summed E-state index contributed by atoms with van der Waals surface area (Å²) in [4.78, 5) is 0. The Labute approximate surface area is 103 Å². The van der Waals surface area contributed by atoms with Gasteiger partial charge in [0, 0.05) is 0 Å². The van der Waals surface area contributed by atoms with Gasteiger partial charge in [0.2, 0.25) is 5.30 Å². The van der Waals surface area contributed by atoms with Crippen LogP contribution in [0.2, 0.25) is 0 Å². The van der Waals surface area contributed by atoms with Gasteiger partial charge in [-0.25, -0.2) is 4.39 Å². The molecule has 0 heterocycles. The van der Waals surface area contributed by atoms with Crippen molar-refractivity contribution in [1.29, 1.82) is 0 Å². The Kier molecular flexibility index (Phi) is 4.67. The average molecular weight is 253 g/mol. The highest BCUT2D eigenvalue weighted by atomic mass is 31.1. The van der Waals surface area contributed by atoms with Crippen molar-refractivity contribution in [2.24, 2.45) is 5.92 Å². The maximum atomic E-state index is 13.4. The third-order valence-electron chi connectivity index (χ3n) is 3.59. The minimum Gasteiger partial charge on any atom is -0.202 e. The SMILES string of the molecule is O=[P+](CCC1CCCCC1)c1ccccc1F. The molecule has 0 aliphatic heterocycles. The molecule has 92 valence electrons. The van der Waals surface area contributed by atoms with E-state index in [4.69, 9.17) is 0 Å². The second-order valence-corrected chi connectivity index (χ2v) is 6.53. The van der Waals surface area contributed by atoms with E-state index in [2.05, 4.69) is 0 Å². The molecule has 0 radical (unpaired) electrons. The lowest BCUT2D eigenvalue weighted by Crippen LogP contribution is -2.09. The van der Waals surface area contributed by atoms with Gasteiger partial charge >= 0.3 is 7.80 Å². The van der Waals surface area contributed by atoms with Gasteiger partial charge in [0.15, 0.2) is 12.0 Å². The number of hydrogen-bond acceptors (Lipinski definition) is 1. The van der Waals surface area contributed by atoms with Crippen LogP contribution in [0.3, 0.4) is 0 Å². The summed E-state index contributed by atoms with van der Waals surface area (Å²) < 4.78 is 25.4. The van der Waals surface area contributed by atoms with Crippen LogP contribution in [0.15, 0.2) is 24.3 Å². The van der Waals surface area contributed by atoms with E-state index < -0.39 is 7.80 Å². The van der Waals surface area contributed by atoms with Gasteiger partial charge in [-0.05, 0) is 24.5 Å². The highest BCUT2D eigenvalue weighted by molar-refractivity contribution is 7.53. The molecule has 1 nitrogen and oxygen atoms in total. The first kappa shape index (κ1) is 12.7. The van der Waals surface area contributed by atoms with E-state index in [1.165, 1.54) is 38.2 Å². The molecule has 1 unspecified atom stereocenters. The van der Waals surface area contributed by atoms with Gasteiger partial charge in [0.25, 0.3) is 0 Å². The van der Waals surface area contributed by atoms with Gasteiger partial charge in [0.05, 0.1) is 0 Å². The van der Waals surface area contributed by atoms with E-state index in [-0.39, 0.29) is 5.82 Å². The second-order valence-electron chi connectivity index (χ2n) is 4.85. The number of benzene rings is 1. The molecular weight excluding hydrogens is 234 g/mol. The summed E-state index contributed by atoms with van der Waals surface area (Å²) in [5.74, 6) is 0.395. The molecule has 0 saturated heterocycles. The molecule has 1 aliphatic rings. The zero-order chi connectivity index (χ0) is 12.1. The van der Waals surface area contributed by atoms with Gasteiger partial charge in [-0.15, -0.1) is 0 Å². The van der Waals surface area contributed by atoms with Crippen LogP contribution < -0.4 is 5.30 Å². The lowest BCUT2D eigenvalue weighted by molar-refractivity contribution is 0.350. The van der Waals surface area contributed by atoms with E-state index in [0.29, 0.717) is 11.5 Å². The minimum atomic E-state index is -1.55. The van der Waals surface area contributed by atoms with Crippen molar-refractivity contribution in [3.8, 4) is 0 Å². The highest BCUT2D eigenvalue weighted by Gasteiger charge is 2.25. The highest BCUT2D eigenvalue weighted by Crippen LogP contribution is 2.31. The molecule has 0 N–H and O–H groups in total. The summed E-state index contributed by atoms with van der Waals surface area (Å²) in [6, 6.07) is 6.44. The fourth-order valence-corrected chi connectivity index (χ4v) is 3.96. The Morgan fingerprint density at radius 3 is 2.59 bits per heavy atom. The molecule has 17 heavy (non-hydrogen) atoms. The second kappa shape index (κ2) is 6.26. The van der Waals surface area contributed by atoms with E-state index in [1.807, 2.05) is 0 Å². The maximum absolute atomic E-state index is 13.4. The van der Waals surface area contributed by atoms with E-state index in [1.54, 1.807) is 18.2 Å². The maximum Gasteiger partial charge on any atom is 0.379 e. The quantitative estimate of drug-likeness (QED) is 0.733. The van der Waals surface area contributed by atoms with E-state index in [0.717, 1.165) is 12.3 Å². The van der Waals surface area contributed by atoms with Gasteiger partial charge < -0.3 is 0 Å². The third kappa shape index (κ3) is 3.61. The van der Waals surface area contributed by atoms with Gasteiger partial charge in [-0.1, -0.05) is 48.8 Å². The topological polar surface area (TPSA) is 17.1 Å². The van der Waals surface area contributed by atoms with Crippen molar-refractivity contribution in [1.82, 2.24) is 0 Å². The molecule has 0 spiro atoms. The zero-order valence-electron chi connectivity index (χ0n) is 10.1. The average Bonchev–Trinajstić information content (AvgIpc) is 2.38. The number of hydrogen-bond donors (Lipinski definition) is 0. The van der Waals surface area contributed by atoms with Gasteiger partial charge in [-0.2, -0.15) is 0 Å². The molecule has 1 aromatic carbocycles. The third-order valence-corrected chi connectivity index (χ3v) is 5.15. The molecule has 3 heteroatoms. The van der Waals surface area contributed by atoms with Crippen LogP contribution in [0.4, 0.5) is 4.39 Å². The molecule has 0 bridgehead atoms. The minimum absolute atomic E-state index is 0.322. The lowest BCUT2D eigenvalue weighted by atomic mass is 9.88. The Morgan fingerprint density at radius 2 is 1.88 bits per heavy atom. The molecule has 0 aromatic heterocycles. The van der Waals surface area contributed by atoms with Crippen LogP contribution in [-0.4, -0.2) is 6.16 Å². The summed E-state index contributed by atoms with van der Waals surface area (Å²) >= 11 is 0. The van der Waals surface area contributed by atoms with Crippen LogP contribution in [0.5, 0.6) is 0 Å². The molecule has 1 aromatic rings. The fourth-order valence-electron chi connectivity index (χ4n) is 2.55. The normalized spacial score (nSPS) is 18.1. The summed E-state index contributed by atoms with van der Waals surface area (Å²) in [7, 11) is -1.55. The first-order chi connectivity index (χ1) is 8.27. The standard InChI is InChI=1S/C14H19FOP/c15-13-8-4-5-9-14(13)17(16)11-10-12-6-2-1-3-7-12/h4-5,8-9,12H,1-3,6-7,10-11H2/q+1. The van der Waals surface area contributed by atoms with Gasteiger partial charge in [-0.3, -0.25) is 0 Å². The van der Waals surface area contributed by atoms with Crippen molar-refractivity contribution < 1.29 is 8.96 Å². The first-order valence-electron chi connectivity index (χ1n) is 6.46. The summed E-state index contributed by atoms with van der Waals surface area (Å²) in [6.07, 6.45) is 8.11. The van der Waals surface area contributed by atoms with Crippen LogP contribution in [-0.2, 0) is 4.57 Å². The molecule has 1 atom stereocenters. The van der Waals surface area contributed by atoms with Crippen molar-refractivity contribution >= 4 is 13.1 Å². The largest absolute Gasteiger partial charge is 0.379 e. The molecule has 1 saturated carbocycles. The summed E-state index contributed by atoms with van der Waals surface area (Å²) in [5, 5.41) is 0.401. The summed E-state index contributed by atoms with van der Waals surface area (Å²) in [6.45, 7) is 0. The molecular formula is C14H19FOP+. The molecule has 2 rings (SSSR count).